The standard InChI is InChI=1S/C22H22N6O/c1-28-11-10-24-22(28)19-6-7-21(27-26-19)25-20-14-29-13-16(20)12-15-8-9-23-18-5-3-2-4-17(15)18/h2-11,16,20H,12-14H2,1H3,(H,25,27)/t16-,20-/m1/s1. The molecule has 4 aromatic rings. The van der Waals surface area contributed by atoms with E-state index in [2.05, 4.69) is 49.7 Å². The number of benzene rings is 1. The Morgan fingerprint density at radius 1 is 1.03 bits per heavy atom. The number of anilines is 1. The van der Waals surface area contributed by atoms with Gasteiger partial charge in [-0.25, -0.2) is 4.98 Å². The highest BCUT2D eigenvalue weighted by molar-refractivity contribution is 5.81. The molecule has 0 saturated carbocycles. The van der Waals surface area contributed by atoms with Crippen molar-refractivity contribution in [2.24, 2.45) is 13.0 Å². The van der Waals surface area contributed by atoms with E-state index in [9.17, 15) is 0 Å². The van der Waals surface area contributed by atoms with E-state index >= 15 is 0 Å². The molecule has 146 valence electrons. The topological polar surface area (TPSA) is 77.8 Å². The van der Waals surface area contributed by atoms with Crippen LogP contribution in [0.3, 0.4) is 0 Å². The van der Waals surface area contributed by atoms with Gasteiger partial charge >= 0.3 is 0 Å². The number of hydrogen-bond donors (Lipinski definition) is 1. The van der Waals surface area contributed by atoms with Crippen LogP contribution in [-0.2, 0) is 18.2 Å². The Hall–Kier alpha value is -3.32. The van der Waals surface area contributed by atoms with Crippen LogP contribution in [-0.4, -0.2) is 44.0 Å². The first-order chi connectivity index (χ1) is 14.3. The number of nitrogens with zero attached hydrogens (tertiary/aromatic N) is 5. The van der Waals surface area contributed by atoms with Crippen molar-refractivity contribution in [3.05, 3.63) is 66.6 Å². The Bertz CT molecular complexity index is 1120. The number of pyridine rings is 1. The van der Waals surface area contributed by atoms with Gasteiger partial charge in [-0.3, -0.25) is 4.98 Å². The summed E-state index contributed by atoms with van der Waals surface area (Å²) in [6.07, 6.45) is 6.47. The second-order valence-electron chi connectivity index (χ2n) is 7.41. The van der Waals surface area contributed by atoms with Gasteiger partial charge in [0.15, 0.2) is 5.82 Å². The number of ether oxygens (including phenoxy) is 1. The Labute approximate surface area is 168 Å². The fourth-order valence-corrected chi connectivity index (χ4v) is 3.91. The van der Waals surface area contributed by atoms with Gasteiger partial charge in [0.25, 0.3) is 0 Å². The molecule has 7 nitrogen and oxygen atoms in total. The molecule has 1 aliphatic rings. The van der Waals surface area contributed by atoms with E-state index in [0.717, 1.165) is 35.9 Å². The summed E-state index contributed by atoms with van der Waals surface area (Å²) in [5.74, 6) is 1.91. The molecule has 1 saturated heterocycles. The zero-order valence-corrected chi connectivity index (χ0v) is 16.2. The summed E-state index contributed by atoms with van der Waals surface area (Å²) >= 11 is 0. The molecule has 0 bridgehead atoms. The lowest BCUT2D eigenvalue weighted by atomic mass is 9.93. The quantitative estimate of drug-likeness (QED) is 0.568. The van der Waals surface area contributed by atoms with E-state index in [1.807, 2.05) is 42.2 Å². The molecule has 0 aliphatic carbocycles. The van der Waals surface area contributed by atoms with Crippen LogP contribution in [0.5, 0.6) is 0 Å². The highest BCUT2D eigenvalue weighted by atomic mass is 16.5. The number of para-hydroxylation sites is 1. The Morgan fingerprint density at radius 2 is 1.97 bits per heavy atom. The van der Waals surface area contributed by atoms with Gasteiger partial charge in [0.2, 0.25) is 0 Å². The maximum Gasteiger partial charge on any atom is 0.160 e. The molecule has 0 amide bonds. The van der Waals surface area contributed by atoms with Gasteiger partial charge in [-0.2, -0.15) is 0 Å². The summed E-state index contributed by atoms with van der Waals surface area (Å²) in [5, 5.41) is 13.4. The largest absolute Gasteiger partial charge is 0.379 e. The molecular formula is C22H22N6O. The second-order valence-corrected chi connectivity index (χ2v) is 7.41. The van der Waals surface area contributed by atoms with Gasteiger partial charge in [-0.1, -0.05) is 18.2 Å². The van der Waals surface area contributed by atoms with Crippen molar-refractivity contribution in [1.29, 1.82) is 0 Å². The molecule has 0 unspecified atom stereocenters. The van der Waals surface area contributed by atoms with Gasteiger partial charge in [0, 0.05) is 36.9 Å². The molecular weight excluding hydrogens is 364 g/mol. The lowest BCUT2D eigenvalue weighted by molar-refractivity contribution is 0.185. The molecule has 1 aromatic carbocycles. The zero-order chi connectivity index (χ0) is 19.6. The molecule has 1 aliphatic heterocycles. The molecule has 0 radical (unpaired) electrons. The molecule has 0 spiro atoms. The van der Waals surface area contributed by atoms with Gasteiger partial charge in [0.1, 0.15) is 11.5 Å². The van der Waals surface area contributed by atoms with Crippen molar-refractivity contribution in [3.8, 4) is 11.5 Å². The van der Waals surface area contributed by atoms with E-state index in [0.29, 0.717) is 12.5 Å². The molecule has 7 heteroatoms. The summed E-state index contributed by atoms with van der Waals surface area (Å²) in [4.78, 5) is 8.78. The van der Waals surface area contributed by atoms with Crippen LogP contribution in [0.25, 0.3) is 22.4 Å². The van der Waals surface area contributed by atoms with Gasteiger partial charge in [-0.15, -0.1) is 10.2 Å². The number of imidazole rings is 1. The molecule has 1 fully saturated rings. The zero-order valence-electron chi connectivity index (χ0n) is 16.2. The van der Waals surface area contributed by atoms with Crippen molar-refractivity contribution < 1.29 is 4.74 Å². The van der Waals surface area contributed by atoms with E-state index in [1.54, 1.807) is 6.20 Å². The first-order valence-corrected chi connectivity index (χ1v) is 9.76. The maximum atomic E-state index is 5.78. The number of fused-ring (bicyclic) bond motifs is 1. The van der Waals surface area contributed by atoms with Crippen LogP contribution < -0.4 is 5.32 Å². The highest BCUT2D eigenvalue weighted by Crippen LogP contribution is 2.26. The Kier molecular flexibility index (Phi) is 4.65. The van der Waals surface area contributed by atoms with Crippen LogP contribution in [0, 0.1) is 5.92 Å². The summed E-state index contributed by atoms with van der Waals surface area (Å²) in [6.45, 7) is 1.39. The van der Waals surface area contributed by atoms with Crippen molar-refractivity contribution in [1.82, 2.24) is 24.7 Å². The van der Waals surface area contributed by atoms with Crippen LogP contribution in [0.1, 0.15) is 5.56 Å². The molecule has 4 heterocycles. The number of rotatable bonds is 5. The predicted octanol–water partition coefficient (Wildman–Crippen LogP) is 3.09. The van der Waals surface area contributed by atoms with E-state index in [1.165, 1.54) is 10.9 Å². The first-order valence-electron chi connectivity index (χ1n) is 9.76. The lowest BCUT2D eigenvalue weighted by Gasteiger charge is -2.20. The number of hydrogen-bond acceptors (Lipinski definition) is 6. The summed E-state index contributed by atoms with van der Waals surface area (Å²) in [6, 6.07) is 14.5. The summed E-state index contributed by atoms with van der Waals surface area (Å²) in [7, 11) is 1.94. The summed E-state index contributed by atoms with van der Waals surface area (Å²) in [5.41, 5.74) is 3.09. The molecule has 3 aromatic heterocycles. The molecule has 29 heavy (non-hydrogen) atoms. The third kappa shape index (κ3) is 3.56. The smallest absolute Gasteiger partial charge is 0.160 e. The molecule has 1 N–H and O–H groups in total. The Balaban J connectivity index is 1.31. The SMILES string of the molecule is Cn1ccnc1-c1ccc(N[C@@H]2COC[C@H]2Cc2ccnc3ccccc23)nn1. The van der Waals surface area contributed by atoms with Crippen LogP contribution in [0.4, 0.5) is 5.82 Å². The number of nitrogens with one attached hydrogen (secondary N) is 1. The summed E-state index contributed by atoms with van der Waals surface area (Å²) < 4.78 is 7.71. The van der Waals surface area contributed by atoms with Gasteiger partial charge in [0.05, 0.1) is 24.8 Å². The van der Waals surface area contributed by atoms with E-state index in [-0.39, 0.29) is 6.04 Å². The van der Waals surface area contributed by atoms with Crippen molar-refractivity contribution in [2.45, 2.75) is 12.5 Å². The maximum absolute atomic E-state index is 5.78. The Morgan fingerprint density at radius 3 is 2.79 bits per heavy atom. The van der Waals surface area contributed by atoms with Crippen molar-refractivity contribution in [3.63, 3.8) is 0 Å². The van der Waals surface area contributed by atoms with Gasteiger partial charge < -0.3 is 14.6 Å². The first kappa shape index (κ1) is 17.8. The van der Waals surface area contributed by atoms with Crippen molar-refractivity contribution in [2.75, 3.05) is 18.5 Å². The van der Waals surface area contributed by atoms with Crippen LogP contribution >= 0.6 is 0 Å². The fraction of sp³-hybridized carbons (Fsp3) is 0.273. The van der Waals surface area contributed by atoms with E-state index < -0.39 is 0 Å². The highest BCUT2D eigenvalue weighted by Gasteiger charge is 2.29. The minimum absolute atomic E-state index is 0.190. The third-order valence-corrected chi connectivity index (χ3v) is 5.47. The molecule has 5 rings (SSSR count). The predicted molar refractivity (Wildman–Crippen MR) is 111 cm³/mol. The lowest BCUT2D eigenvalue weighted by Crippen LogP contribution is -2.29. The van der Waals surface area contributed by atoms with Crippen LogP contribution in [0.2, 0.25) is 0 Å². The monoisotopic (exact) mass is 386 g/mol. The molecule has 2 atom stereocenters. The van der Waals surface area contributed by atoms with Gasteiger partial charge in [-0.05, 0) is 36.2 Å². The van der Waals surface area contributed by atoms with Crippen LogP contribution in [0.15, 0.2) is 61.1 Å². The van der Waals surface area contributed by atoms with Crippen molar-refractivity contribution >= 4 is 16.7 Å². The number of aryl methyl sites for hydroxylation is 1. The minimum atomic E-state index is 0.190. The average Bonchev–Trinajstić information content (AvgIpc) is 3.38. The third-order valence-electron chi connectivity index (χ3n) is 5.47. The van der Waals surface area contributed by atoms with E-state index in [4.69, 9.17) is 4.74 Å². The second kappa shape index (κ2) is 7.60. The normalized spacial score (nSPS) is 18.9. The minimum Gasteiger partial charge on any atom is -0.379 e. The average molecular weight is 386 g/mol. The fourth-order valence-electron chi connectivity index (χ4n) is 3.91. The number of aromatic nitrogens is 5.